The maximum absolute atomic E-state index is 13.1. The molecule has 25 heavy (non-hydrogen) atoms. The van der Waals surface area contributed by atoms with Gasteiger partial charge in [-0.05, 0) is 38.0 Å². The van der Waals surface area contributed by atoms with E-state index in [-0.39, 0.29) is 24.6 Å². The van der Waals surface area contributed by atoms with Gasteiger partial charge in [0.1, 0.15) is 11.6 Å². The van der Waals surface area contributed by atoms with Crippen molar-refractivity contribution >= 4 is 11.9 Å². The summed E-state index contributed by atoms with van der Waals surface area (Å²) in [6.45, 7) is 3.62. The molecular formula is C18H21FN2O4. The summed E-state index contributed by atoms with van der Waals surface area (Å²) < 4.78 is 22.9. The normalized spacial score (nSPS) is 11.8. The molecule has 1 aromatic carbocycles. The van der Waals surface area contributed by atoms with Gasteiger partial charge in [0.25, 0.3) is 0 Å². The van der Waals surface area contributed by atoms with E-state index in [0.717, 1.165) is 11.3 Å². The number of hydrogen-bond acceptors (Lipinski definition) is 5. The molecule has 2 rings (SSSR count). The first kappa shape index (κ1) is 18.6. The Balaban J connectivity index is 2.03. The van der Waals surface area contributed by atoms with Crippen LogP contribution in [0.4, 0.5) is 4.39 Å². The van der Waals surface area contributed by atoms with E-state index < -0.39 is 12.0 Å². The number of benzene rings is 1. The third kappa shape index (κ3) is 5.14. The van der Waals surface area contributed by atoms with Gasteiger partial charge in [0.2, 0.25) is 5.91 Å². The first-order valence-corrected chi connectivity index (χ1v) is 7.94. The fourth-order valence-corrected chi connectivity index (χ4v) is 2.56. The smallest absolute Gasteiger partial charge is 0.307 e. The fraction of sp³-hybridized carbons (Fsp3) is 0.389. The second-order valence-electron chi connectivity index (χ2n) is 5.75. The van der Waals surface area contributed by atoms with E-state index in [4.69, 9.17) is 4.52 Å². The molecule has 0 spiro atoms. The molecule has 6 nitrogen and oxygen atoms in total. The second-order valence-corrected chi connectivity index (χ2v) is 5.75. The highest BCUT2D eigenvalue weighted by Crippen LogP contribution is 2.19. The average Bonchev–Trinajstić information content (AvgIpc) is 2.91. The molecule has 1 heterocycles. The molecule has 1 atom stereocenters. The summed E-state index contributed by atoms with van der Waals surface area (Å²) in [7, 11) is 1.28. The Morgan fingerprint density at radius 2 is 1.96 bits per heavy atom. The van der Waals surface area contributed by atoms with Crippen molar-refractivity contribution in [2.24, 2.45) is 0 Å². The highest BCUT2D eigenvalue weighted by atomic mass is 19.1. The SMILES string of the molecule is COC(=O)C[C@@H](NC(=O)CCc1c(C)noc1C)c1ccc(F)cc1. The molecule has 0 aliphatic rings. The maximum Gasteiger partial charge on any atom is 0.307 e. The molecule has 7 heteroatoms. The Labute approximate surface area is 145 Å². The van der Waals surface area contributed by atoms with Gasteiger partial charge in [-0.25, -0.2) is 4.39 Å². The van der Waals surface area contributed by atoms with Crippen molar-refractivity contribution in [2.75, 3.05) is 7.11 Å². The van der Waals surface area contributed by atoms with Crippen LogP contribution < -0.4 is 5.32 Å². The van der Waals surface area contributed by atoms with Crippen LogP contribution in [0.2, 0.25) is 0 Å². The van der Waals surface area contributed by atoms with E-state index in [1.165, 1.54) is 31.4 Å². The highest BCUT2D eigenvalue weighted by Gasteiger charge is 2.20. The number of nitrogens with one attached hydrogen (secondary N) is 1. The number of carbonyl (C=O) groups excluding carboxylic acids is 2. The van der Waals surface area contributed by atoms with Crippen LogP contribution in [0.5, 0.6) is 0 Å². The number of ether oxygens (including phenoxy) is 1. The Hall–Kier alpha value is -2.70. The third-order valence-electron chi connectivity index (χ3n) is 3.99. The van der Waals surface area contributed by atoms with E-state index in [2.05, 4.69) is 15.2 Å². The number of esters is 1. The minimum Gasteiger partial charge on any atom is -0.469 e. The summed E-state index contributed by atoms with van der Waals surface area (Å²) in [6.07, 6.45) is 0.683. The van der Waals surface area contributed by atoms with Crippen molar-refractivity contribution in [3.8, 4) is 0 Å². The van der Waals surface area contributed by atoms with Crippen LogP contribution in [-0.4, -0.2) is 24.1 Å². The first-order chi connectivity index (χ1) is 11.9. The monoisotopic (exact) mass is 348 g/mol. The summed E-state index contributed by atoms with van der Waals surface area (Å²) in [4.78, 5) is 23.9. The minimum absolute atomic E-state index is 0.0286. The van der Waals surface area contributed by atoms with Crippen LogP contribution in [0.15, 0.2) is 28.8 Å². The van der Waals surface area contributed by atoms with Crippen LogP contribution in [0.1, 0.15) is 41.5 Å². The lowest BCUT2D eigenvalue weighted by Gasteiger charge is -2.18. The van der Waals surface area contributed by atoms with E-state index in [1.54, 1.807) is 6.92 Å². The number of nitrogens with zero attached hydrogens (tertiary/aromatic N) is 1. The van der Waals surface area contributed by atoms with Crippen LogP contribution in [0.3, 0.4) is 0 Å². The van der Waals surface area contributed by atoms with Gasteiger partial charge in [0.15, 0.2) is 0 Å². The summed E-state index contributed by atoms with van der Waals surface area (Å²) >= 11 is 0. The lowest BCUT2D eigenvalue weighted by Crippen LogP contribution is -2.30. The molecule has 134 valence electrons. The summed E-state index contributed by atoms with van der Waals surface area (Å²) in [5.74, 6) is -0.376. The van der Waals surface area contributed by atoms with Crippen LogP contribution in [-0.2, 0) is 20.7 Å². The summed E-state index contributed by atoms with van der Waals surface area (Å²) in [5, 5.41) is 6.66. The van der Waals surface area contributed by atoms with Gasteiger partial charge >= 0.3 is 5.97 Å². The largest absolute Gasteiger partial charge is 0.469 e. The molecule has 1 amide bonds. The van der Waals surface area contributed by atoms with E-state index in [0.29, 0.717) is 17.7 Å². The lowest BCUT2D eigenvalue weighted by atomic mass is 10.0. The molecule has 1 aromatic heterocycles. The molecule has 1 N–H and O–H groups in total. The molecule has 0 fully saturated rings. The van der Waals surface area contributed by atoms with Gasteiger partial charge in [-0.2, -0.15) is 0 Å². The van der Waals surface area contributed by atoms with Gasteiger partial charge < -0.3 is 14.6 Å². The quantitative estimate of drug-likeness (QED) is 0.778. The molecule has 0 saturated carbocycles. The highest BCUT2D eigenvalue weighted by molar-refractivity contribution is 5.78. The van der Waals surface area contributed by atoms with Gasteiger partial charge in [-0.15, -0.1) is 0 Å². The molecule has 0 aliphatic heterocycles. The first-order valence-electron chi connectivity index (χ1n) is 7.94. The number of aromatic nitrogens is 1. The van der Waals surface area contributed by atoms with Crippen molar-refractivity contribution in [3.05, 3.63) is 52.7 Å². The number of methoxy groups -OCH3 is 1. The number of hydrogen-bond donors (Lipinski definition) is 1. The van der Waals surface area contributed by atoms with E-state index >= 15 is 0 Å². The molecule has 0 aliphatic carbocycles. The standard InChI is InChI=1S/C18H21FN2O4/c1-11-15(12(2)25-21-11)8-9-17(22)20-16(10-18(23)24-3)13-4-6-14(19)7-5-13/h4-7,16H,8-10H2,1-3H3,(H,20,22)/t16-/m1/s1. The Morgan fingerprint density at radius 3 is 2.52 bits per heavy atom. The number of carbonyl (C=O) groups is 2. The minimum atomic E-state index is -0.579. The maximum atomic E-state index is 13.1. The van der Waals surface area contributed by atoms with Crippen molar-refractivity contribution in [1.29, 1.82) is 0 Å². The zero-order valence-electron chi connectivity index (χ0n) is 14.5. The molecule has 0 saturated heterocycles. The molecule has 2 aromatic rings. The van der Waals surface area contributed by atoms with Crippen molar-refractivity contribution in [2.45, 2.75) is 39.2 Å². The van der Waals surface area contributed by atoms with Crippen molar-refractivity contribution < 1.29 is 23.2 Å². The Kier molecular flexibility index (Phi) is 6.27. The zero-order chi connectivity index (χ0) is 18.4. The molecule has 0 unspecified atom stereocenters. The number of amides is 1. The number of halogens is 1. The van der Waals surface area contributed by atoms with E-state index in [9.17, 15) is 14.0 Å². The second kappa shape index (κ2) is 8.41. The summed E-state index contributed by atoms with van der Waals surface area (Å²) in [5.41, 5.74) is 2.30. The predicted molar refractivity (Wildman–Crippen MR) is 88.2 cm³/mol. The predicted octanol–water partition coefficient (Wildman–Crippen LogP) is 2.78. The zero-order valence-corrected chi connectivity index (χ0v) is 14.5. The van der Waals surface area contributed by atoms with Gasteiger partial charge in [-0.1, -0.05) is 17.3 Å². The molecule has 0 bridgehead atoms. The van der Waals surface area contributed by atoms with Crippen LogP contribution >= 0.6 is 0 Å². The topological polar surface area (TPSA) is 81.4 Å². The fourth-order valence-electron chi connectivity index (χ4n) is 2.56. The lowest BCUT2D eigenvalue weighted by molar-refractivity contribution is -0.141. The Bertz CT molecular complexity index is 721. The van der Waals surface area contributed by atoms with Crippen LogP contribution in [0.25, 0.3) is 0 Å². The van der Waals surface area contributed by atoms with Crippen molar-refractivity contribution in [1.82, 2.24) is 10.5 Å². The van der Waals surface area contributed by atoms with Gasteiger partial charge in [0.05, 0.1) is 25.3 Å². The third-order valence-corrected chi connectivity index (χ3v) is 3.99. The van der Waals surface area contributed by atoms with E-state index in [1.807, 2.05) is 6.92 Å². The average molecular weight is 348 g/mol. The number of rotatable bonds is 7. The van der Waals surface area contributed by atoms with Gasteiger partial charge in [-0.3, -0.25) is 9.59 Å². The Morgan fingerprint density at radius 1 is 1.28 bits per heavy atom. The molecule has 0 radical (unpaired) electrons. The summed E-state index contributed by atoms with van der Waals surface area (Å²) in [6, 6.07) is 5.07. The van der Waals surface area contributed by atoms with Crippen LogP contribution in [0, 0.1) is 19.7 Å². The molecular weight excluding hydrogens is 327 g/mol. The van der Waals surface area contributed by atoms with Gasteiger partial charge in [0, 0.05) is 12.0 Å². The number of aryl methyl sites for hydroxylation is 2. The van der Waals surface area contributed by atoms with Crippen molar-refractivity contribution in [3.63, 3.8) is 0 Å².